The van der Waals surface area contributed by atoms with Crippen molar-refractivity contribution in [1.29, 1.82) is 0 Å². The Morgan fingerprint density at radius 3 is 2.56 bits per heavy atom. The summed E-state index contributed by atoms with van der Waals surface area (Å²) in [5, 5.41) is 0. The number of benzene rings is 3. The first-order valence-corrected chi connectivity index (χ1v) is 8.94. The fraction of sp³-hybridized carbons (Fsp3) is 0.0476. The van der Waals surface area contributed by atoms with Gasteiger partial charge in [0, 0.05) is 11.6 Å². The average molecular weight is 377 g/mol. The third kappa shape index (κ3) is 2.55. The van der Waals surface area contributed by atoms with Gasteiger partial charge in [-0.3, -0.25) is 9.69 Å². The van der Waals surface area contributed by atoms with Crippen LogP contribution in [0.15, 0.2) is 71.1 Å². The van der Waals surface area contributed by atoms with Crippen molar-refractivity contribution < 1.29 is 13.9 Å². The number of fused-ring (bicyclic) bond motifs is 3. The van der Waals surface area contributed by atoms with Crippen LogP contribution in [0.3, 0.4) is 0 Å². The first-order valence-electron chi connectivity index (χ1n) is 8.40. The molecular formula is C21H13ClN2O3. The summed E-state index contributed by atoms with van der Waals surface area (Å²) in [4.78, 5) is 18.7. The van der Waals surface area contributed by atoms with Crippen molar-refractivity contribution in [1.82, 2.24) is 4.98 Å². The summed E-state index contributed by atoms with van der Waals surface area (Å²) in [6.45, 7) is 0. The van der Waals surface area contributed by atoms with E-state index < -0.39 is 0 Å². The Morgan fingerprint density at radius 1 is 0.963 bits per heavy atom. The molecule has 1 amide bonds. The van der Waals surface area contributed by atoms with Gasteiger partial charge in [0.05, 0.1) is 11.4 Å². The molecule has 0 unspecified atom stereocenters. The molecule has 4 aromatic rings. The van der Waals surface area contributed by atoms with E-state index in [1.807, 2.05) is 54.6 Å². The normalized spacial score (nSPS) is 12.4. The number of alkyl halides is 1. The van der Waals surface area contributed by atoms with Gasteiger partial charge in [0.25, 0.3) is 0 Å². The standard InChI is InChI=1S/C21H13ClN2O3/c22-12-20(25)24-15-8-4-5-9-17(15)26-19-11-18-14(10-16(19)24)23-21(27-18)13-6-2-1-3-7-13/h1-11H,12H2. The molecule has 5 rings (SSSR count). The van der Waals surface area contributed by atoms with E-state index in [0.717, 1.165) is 5.56 Å². The van der Waals surface area contributed by atoms with Crippen molar-refractivity contribution in [3.63, 3.8) is 0 Å². The van der Waals surface area contributed by atoms with Crippen LogP contribution in [0.1, 0.15) is 0 Å². The maximum atomic E-state index is 12.5. The quantitative estimate of drug-likeness (QED) is 0.433. The minimum atomic E-state index is -0.236. The maximum absolute atomic E-state index is 12.5. The monoisotopic (exact) mass is 376 g/mol. The summed E-state index contributed by atoms with van der Waals surface area (Å²) in [5.41, 5.74) is 3.36. The molecule has 1 aromatic heterocycles. The number of oxazole rings is 1. The second kappa shape index (κ2) is 6.14. The number of hydrogen-bond donors (Lipinski definition) is 0. The highest BCUT2D eigenvalue weighted by Crippen LogP contribution is 2.48. The summed E-state index contributed by atoms with van der Waals surface area (Å²) in [6, 6.07) is 20.5. The minimum Gasteiger partial charge on any atom is -0.453 e. The third-order valence-corrected chi connectivity index (χ3v) is 4.65. The van der Waals surface area contributed by atoms with Gasteiger partial charge in [0.15, 0.2) is 17.1 Å². The summed E-state index contributed by atoms with van der Waals surface area (Å²) in [7, 11) is 0. The molecule has 1 aliphatic rings. The van der Waals surface area contributed by atoms with Crippen molar-refractivity contribution in [2.75, 3.05) is 10.8 Å². The van der Waals surface area contributed by atoms with Gasteiger partial charge in [-0.1, -0.05) is 30.3 Å². The van der Waals surface area contributed by atoms with Crippen LogP contribution >= 0.6 is 11.6 Å². The lowest BCUT2D eigenvalue weighted by Gasteiger charge is -2.30. The molecule has 5 nitrogen and oxygen atoms in total. The van der Waals surface area contributed by atoms with Crippen molar-refractivity contribution in [3.05, 3.63) is 66.7 Å². The number of para-hydroxylation sites is 2. The number of carbonyl (C=O) groups is 1. The Hall–Kier alpha value is -3.31. The fourth-order valence-corrected chi connectivity index (χ4v) is 3.33. The molecule has 0 fully saturated rings. The van der Waals surface area contributed by atoms with Gasteiger partial charge in [-0.2, -0.15) is 0 Å². The molecular weight excluding hydrogens is 364 g/mol. The van der Waals surface area contributed by atoms with Crippen LogP contribution in [0.4, 0.5) is 11.4 Å². The zero-order chi connectivity index (χ0) is 18.4. The summed E-state index contributed by atoms with van der Waals surface area (Å²) < 4.78 is 11.9. The lowest BCUT2D eigenvalue weighted by atomic mass is 10.1. The van der Waals surface area contributed by atoms with Gasteiger partial charge >= 0.3 is 0 Å². The first-order chi connectivity index (χ1) is 13.2. The Bertz CT molecular complexity index is 1170. The number of rotatable bonds is 2. The molecule has 132 valence electrons. The van der Waals surface area contributed by atoms with Crippen molar-refractivity contribution in [2.45, 2.75) is 0 Å². The van der Waals surface area contributed by atoms with E-state index in [1.165, 1.54) is 0 Å². The molecule has 0 N–H and O–H groups in total. The van der Waals surface area contributed by atoms with Gasteiger partial charge in [-0.25, -0.2) is 4.98 Å². The van der Waals surface area contributed by atoms with E-state index >= 15 is 0 Å². The van der Waals surface area contributed by atoms with Crippen LogP contribution in [0.2, 0.25) is 0 Å². The van der Waals surface area contributed by atoms with E-state index in [4.69, 9.17) is 20.8 Å². The van der Waals surface area contributed by atoms with Gasteiger partial charge in [-0.15, -0.1) is 11.6 Å². The topological polar surface area (TPSA) is 55.6 Å². The highest BCUT2D eigenvalue weighted by Gasteiger charge is 2.30. The summed E-state index contributed by atoms with van der Waals surface area (Å²) >= 11 is 5.85. The Morgan fingerprint density at radius 2 is 1.74 bits per heavy atom. The molecule has 0 atom stereocenters. The Kier molecular flexibility index (Phi) is 3.62. The molecule has 0 spiro atoms. The highest BCUT2D eigenvalue weighted by molar-refractivity contribution is 6.30. The Balaban J connectivity index is 1.70. The van der Waals surface area contributed by atoms with Crippen LogP contribution in [0.5, 0.6) is 11.5 Å². The fourth-order valence-electron chi connectivity index (χ4n) is 3.21. The van der Waals surface area contributed by atoms with Crippen LogP contribution in [-0.4, -0.2) is 16.8 Å². The van der Waals surface area contributed by atoms with E-state index in [9.17, 15) is 4.79 Å². The van der Waals surface area contributed by atoms with Crippen LogP contribution in [0, 0.1) is 0 Å². The second-order valence-corrected chi connectivity index (χ2v) is 6.37. The van der Waals surface area contributed by atoms with Gasteiger partial charge in [-0.05, 0) is 30.3 Å². The SMILES string of the molecule is O=C(CCl)N1c2ccccc2Oc2cc3oc(-c4ccccc4)nc3cc21. The van der Waals surface area contributed by atoms with E-state index in [1.54, 1.807) is 17.0 Å². The maximum Gasteiger partial charge on any atom is 0.246 e. The molecule has 0 bridgehead atoms. The minimum absolute atomic E-state index is 0.139. The first kappa shape index (κ1) is 15.9. The number of carbonyl (C=O) groups excluding carboxylic acids is 1. The van der Waals surface area contributed by atoms with Gasteiger partial charge in [0.2, 0.25) is 11.8 Å². The molecule has 0 aliphatic carbocycles. The predicted molar refractivity (Wildman–Crippen MR) is 104 cm³/mol. The second-order valence-electron chi connectivity index (χ2n) is 6.11. The lowest BCUT2D eigenvalue weighted by molar-refractivity contribution is -0.115. The van der Waals surface area contributed by atoms with Gasteiger partial charge < -0.3 is 9.15 Å². The molecule has 0 radical (unpaired) electrons. The molecule has 1 aliphatic heterocycles. The number of halogens is 1. The summed E-state index contributed by atoms with van der Waals surface area (Å²) in [6.07, 6.45) is 0. The molecule has 2 heterocycles. The number of nitrogens with zero attached hydrogens (tertiary/aromatic N) is 2. The van der Waals surface area contributed by atoms with Crippen LogP contribution in [-0.2, 0) is 4.79 Å². The van der Waals surface area contributed by atoms with E-state index in [2.05, 4.69) is 4.98 Å². The van der Waals surface area contributed by atoms with Crippen LogP contribution < -0.4 is 9.64 Å². The number of aromatic nitrogens is 1. The van der Waals surface area contributed by atoms with Crippen molar-refractivity contribution in [2.24, 2.45) is 0 Å². The zero-order valence-electron chi connectivity index (χ0n) is 14.1. The molecule has 0 saturated carbocycles. The third-order valence-electron chi connectivity index (χ3n) is 4.42. The molecule has 0 saturated heterocycles. The van der Waals surface area contributed by atoms with E-state index in [0.29, 0.717) is 39.9 Å². The number of amides is 1. The van der Waals surface area contributed by atoms with E-state index in [-0.39, 0.29) is 11.8 Å². The molecule has 6 heteroatoms. The number of hydrogen-bond acceptors (Lipinski definition) is 4. The smallest absolute Gasteiger partial charge is 0.246 e. The average Bonchev–Trinajstić information content (AvgIpc) is 3.13. The van der Waals surface area contributed by atoms with Crippen molar-refractivity contribution >= 4 is 40.0 Å². The largest absolute Gasteiger partial charge is 0.453 e. The zero-order valence-corrected chi connectivity index (χ0v) is 14.8. The molecule has 3 aromatic carbocycles. The van der Waals surface area contributed by atoms with Crippen molar-refractivity contribution in [3.8, 4) is 23.0 Å². The molecule has 27 heavy (non-hydrogen) atoms. The predicted octanol–water partition coefficient (Wildman–Crippen LogP) is 5.50. The summed E-state index contributed by atoms with van der Waals surface area (Å²) in [5.74, 6) is 1.25. The van der Waals surface area contributed by atoms with Gasteiger partial charge in [0.1, 0.15) is 11.4 Å². The lowest BCUT2D eigenvalue weighted by Crippen LogP contribution is -2.29. The number of anilines is 2. The number of ether oxygens (including phenoxy) is 1. The Labute approximate surface area is 159 Å². The highest BCUT2D eigenvalue weighted by atomic mass is 35.5. The van der Waals surface area contributed by atoms with Crippen LogP contribution in [0.25, 0.3) is 22.6 Å².